The highest BCUT2D eigenvalue weighted by Gasteiger charge is 2.21. The molecule has 160 valence electrons. The van der Waals surface area contributed by atoms with Crippen LogP contribution in [0.15, 0.2) is 53.6 Å². The molecule has 0 aromatic heterocycles. The Labute approximate surface area is 174 Å². The Morgan fingerprint density at radius 3 is 2.47 bits per heavy atom. The second-order valence-corrected chi connectivity index (χ2v) is 8.00. The number of benzene rings is 2. The highest BCUT2D eigenvalue weighted by molar-refractivity contribution is 7.92. The summed E-state index contributed by atoms with van der Waals surface area (Å²) in [6.45, 7) is -0.684. The first kappa shape index (κ1) is 22.7. The lowest BCUT2D eigenvalue weighted by molar-refractivity contribution is -0.120. The SMILES string of the molecule is COc1cccc(N(CC(=O)N/N=C\c2ccc(OCC(N)=O)cc2)S(C)(=O)=O)c1. The number of rotatable bonds is 10. The maximum absolute atomic E-state index is 12.2. The molecule has 0 aliphatic heterocycles. The predicted molar refractivity (Wildman–Crippen MR) is 112 cm³/mol. The Balaban J connectivity index is 1.99. The number of methoxy groups -OCH3 is 1. The van der Waals surface area contributed by atoms with Gasteiger partial charge in [0.05, 0.1) is 25.3 Å². The molecule has 0 atom stereocenters. The summed E-state index contributed by atoms with van der Waals surface area (Å²) in [4.78, 5) is 22.9. The van der Waals surface area contributed by atoms with E-state index in [1.165, 1.54) is 19.4 Å². The number of anilines is 1. The van der Waals surface area contributed by atoms with Gasteiger partial charge in [0.1, 0.15) is 18.0 Å². The second-order valence-electron chi connectivity index (χ2n) is 6.09. The number of nitrogens with one attached hydrogen (secondary N) is 1. The number of sulfonamides is 1. The molecule has 0 heterocycles. The highest BCUT2D eigenvalue weighted by atomic mass is 32.2. The Hall–Kier alpha value is -3.60. The number of hydrazone groups is 1. The molecule has 0 radical (unpaired) electrons. The molecule has 0 spiro atoms. The summed E-state index contributed by atoms with van der Waals surface area (Å²) in [5.41, 5.74) is 8.23. The van der Waals surface area contributed by atoms with Crippen molar-refractivity contribution in [1.29, 1.82) is 0 Å². The van der Waals surface area contributed by atoms with Gasteiger partial charge < -0.3 is 15.2 Å². The van der Waals surface area contributed by atoms with Crippen LogP contribution in [0.25, 0.3) is 0 Å². The van der Waals surface area contributed by atoms with E-state index in [0.29, 0.717) is 22.7 Å². The largest absolute Gasteiger partial charge is 0.497 e. The number of amides is 2. The lowest BCUT2D eigenvalue weighted by Gasteiger charge is -2.21. The van der Waals surface area contributed by atoms with E-state index in [9.17, 15) is 18.0 Å². The van der Waals surface area contributed by atoms with Crippen LogP contribution < -0.4 is 24.9 Å². The summed E-state index contributed by atoms with van der Waals surface area (Å²) < 4.78 is 35.4. The van der Waals surface area contributed by atoms with Crippen molar-refractivity contribution in [3.05, 3.63) is 54.1 Å². The molecule has 2 aromatic carbocycles. The van der Waals surface area contributed by atoms with Crippen LogP contribution in [-0.4, -0.2) is 53.0 Å². The van der Waals surface area contributed by atoms with Crippen LogP contribution in [0.4, 0.5) is 5.69 Å². The molecule has 2 aromatic rings. The van der Waals surface area contributed by atoms with Crippen molar-refractivity contribution in [2.45, 2.75) is 0 Å². The third-order valence-corrected chi connectivity index (χ3v) is 4.83. The van der Waals surface area contributed by atoms with E-state index >= 15 is 0 Å². The van der Waals surface area contributed by atoms with E-state index in [1.54, 1.807) is 42.5 Å². The number of carbonyl (C=O) groups is 2. The second kappa shape index (κ2) is 10.3. The van der Waals surface area contributed by atoms with Gasteiger partial charge in [-0.05, 0) is 42.0 Å². The zero-order valence-corrected chi connectivity index (χ0v) is 17.3. The summed E-state index contributed by atoms with van der Waals surface area (Å²) in [5, 5.41) is 3.82. The number of nitrogens with two attached hydrogens (primary N) is 1. The van der Waals surface area contributed by atoms with Crippen LogP contribution in [0.3, 0.4) is 0 Å². The molecule has 11 heteroatoms. The Morgan fingerprint density at radius 2 is 1.87 bits per heavy atom. The van der Waals surface area contributed by atoms with Gasteiger partial charge in [0.2, 0.25) is 10.0 Å². The van der Waals surface area contributed by atoms with Crippen molar-refractivity contribution in [2.24, 2.45) is 10.8 Å². The zero-order chi connectivity index (χ0) is 22.1. The fourth-order valence-electron chi connectivity index (χ4n) is 2.31. The molecule has 10 nitrogen and oxygen atoms in total. The van der Waals surface area contributed by atoms with Gasteiger partial charge in [-0.25, -0.2) is 13.8 Å². The van der Waals surface area contributed by atoms with E-state index in [-0.39, 0.29) is 6.61 Å². The average molecular weight is 434 g/mol. The van der Waals surface area contributed by atoms with E-state index in [0.717, 1.165) is 10.6 Å². The van der Waals surface area contributed by atoms with Crippen LogP contribution in [0.5, 0.6) is 11.5 Å². The smallest absolute Gasteiger partial charge is 0.260 e. The van der Waals surface area contributed by atoms with Crippen molar-refractivity contribution in [3.63, 3.8) is 0 Å². The quantitative estimate of drug-likeness (QED) is 0.412. The van der Waals surface area contributed by atoms with Crippen LogP contribution in [0.1, 0.15) is 5.56 Å². The first-order chi connectivity index (χ1) is 14.2. The number of ether oxygens (including phenoxy) is 2. The molecule has 30 heavy (non-hydrogen) atoms. The van der Waals surface area contributed by atoms with Gasteiger partial charge in [0.25, 0.3) is 11.8 Å². The lowest BCUT2D eigenvalue weighted by Crippen LogP contribution is -2.39. The minimum atomic E-state index is -3.71. The topological polar surface area (TPSA) is 140 Å². The van der Waals surface area contributed by atoms with Crippen molar-refractivity contribution in [1.82, 2.24) is 5.43 Å². The van der Waals surface area contributed by atoms with Crippen LogP contribution in [0, 0.1) is 0 Å². The van der Waals surface area contributed by atoms with Crippen LogP contribution in [0.2, 0.25) is 0 Å². The normalized spacial score (nSPS) is 11.1. The minimum Gasteiger partial charge on any atom is -0.497 e. The molecule has 3 N–H and O–H groups in total. The Morgan fingerprint density at radius 1 is 1.17 bits per heavy atom. The van der Waals surface area contributed by atoms with Crippen molar-refractivity contribution in [3.8, 4) is 11.5 Å². The number of carbonyl (C=O) groups excluding carboxylic acids is 2. The molecule has 0 saturated heterocycles. The van der Waals surface area contributed by atoms with Crippen LogP contribution >= 0.6 is 0 Å². The van der Waals surface area contributed by atoms with Gasteiger partial charge in [0, 0.05) is 6.07 Å². The van der Waals surface area contributed by atoms with E-state index in [2.05, 4.69) is 10.5 Å². The predicted octanol–water partition coefficient (Wildman–Crippen LogP) is 0.476. The summed E-state index contributed by atoms with van der Waals surface area (Å²) in [7, 11) is -2.25. The first-order valence-corrected chi connectivity index (χ1v) is 10.5. The molecule has 0 saturated carbocycles. The fourth-order valence-corrected chi connectivity index (χ4v) is 3.16. The molecule has 0 fully saturated rings. The molecule has 0 aliphatic rings. The number of nitrogens with zero attached hydrogens (tertiary/aromatic N) is 2. The standard InChI is InChI=1S/C19H22N4O6S/c1-28-17-5-3-4-15(10-17)23(30(2,26)27)12-19(25)22-21-11-14-6-8-16(9-7-14)29-13-18(20)24/h3-11H,12-13H2,1-2H3,(H2,20,24)(H,22,25)/b21-11-. The fraction of sp³-hybridized carbons (Fsp3) is 0.211. The maximum Gasteiger partial charge on any atom is 0.260 e. The minimum absolute atomic E-state index is 0.229. The molecule has 0 aliphatic carbocycles. The molecular weight excluding hydrogens is 412 g/mol. The molecule has 0 bridgehead atoms. The van der Waals surface area contributed by atoms with Crippen molar-refractivity contribution in [2.75, 3.05) is 30.8 Å². The summed E-state index contributed by atoms with van der Waals surface area (Å²) in [6.07, 6.45) is 2.39. The number of hydrogen-bond donors (Lipinski definition) is 2. The summed E-state index contributed by atoms with van der Waals surface area (Å²) in [6, 6.07) is 12.9. The molecule has 2 rings (SSSR count). The molecule has 0 unspecified atom stereocenters. The van der Waals surface area contributed by atoms with E-state index in [1.807, 2.05) is 0 Å². The van der Waals surface area contributed by atoms with Gasteiger partial charge in [-0.15, -0.1) is 0 Å². The molecular formula is C19H22N4O6S. The van der Waals surface area contributed by atoms with E-state index in [4.69, 9.17) is 15.2 Å². The lowest BCUT2D eigenvalue weighted by atomic mass is 10.2. The van der Waals surface area contributed by atoms with Crippen molar-refractivity contribution < 1.29 is 27.5 Å². The van der Waals surface area contributed by atoms with Crippen molar-refractivity contribution >= 4 is 33.7 Å². The Kier molecular flexibility index (Phi) is 7.76. The van der Waals surface area contributed by atoms with Gasteiger partial charge in [0.15, 0.2) is 6.61 Å². The first-order valence-electron chi connectivity index (χ1n) is 8.64. The third kappa shape index (κ3) is 7.09. The maximum atomic E-state index is 12.2. The monoisotopic (exact) mass is 434 g/mol. The number of primary amides is 1. The summed E-state index contributed by atoms with van der Waals surface area (Å²) >= 11 is 0. The highest BCUT2D eigenvalue weighted by Crippen LogP contribution is 2.22. The van der Waals surface area contributed by atoms with E-state index < -0.39 is 28.4 Å². The van der Waals surface area contributed by atoms with Gasteiger partial charge in [-0.1, -0.05) is 6.07 Å². The summed E-state index contributed by atoms with van der Waals surface area (Å²) in [5.74, 6) is -0.291. The van der Waals surface area contributed by atoms with Gasteiger partial charge >= 0.3 is 0 Å². The number of hydrogen-bond acceptors (Lipinski definition) is 7. The zero-order valence-electron chi connectivity index (χ0n) is 16.4. The molecule has 2 amide bonds. The van der Waals surface area contributed by atoms with Crippen LogP contribution in [-0.2, 0) is 19.6 Å². The van der Waals surface area contributed by atoms with Gasteiger partial charge in [-0.2, -0.15) is 5.10 Å². The average Bonchev–Trinajstić information content (AvgIpc) is 2.70. The Bertz CT molecular complexity index is 1020. The third-order valence-electron chi connectivity index (χ3n) is 3.69. The van der Waals surface area contributed by atoms with Gasteiger partial charge in [-0.3, -0.25) is 13.9 Å².